The van der Waals surface area contributed by atoms with E-state index in [0.29, 0.717) is 17.6 Å². The number of carbonyl (C=O) groups is 1. The van der Waals surface area contributed by atoms with Gasteiger partial charge in [-0.1, -0.05) is 57.1 Å². The van der Waals surface area contributed by atoms with E-state index in [2.05, 4.69) is 62.4 Å². The highest BCUT2D eigenvalue weighted by Crippen LogP contribution is 2.25. The molecular formula is C21H30N2O2S. The topological polar surface area (TPSA) is 55.1 Å². The van der Waals surface area contributed by atoms with Crippen LogP contribution < -0.4 is 5.32 Å². The Labute approximate surface area is 161 Å². The number of rotatable bonds is 8. The van der Waals surface area contributed by atoms with Crippen LogP contribution >= 0.6 is 11.8 Å². The number of thioether (sulfide) groups is 1. The summed E-state index contributed by atoms with van der Waals surface area (Å²) >= 11 is 1.59. The second kappa shape index (κ2) is 9.26. The van der Waals surface area contributed by atoms with E-state index in [1.165, 1.54) is 5.56 Å². The van der Waals surface area contributed by atoms with E-state index in [0.717, 1.165) is 28.3 Å². The van der Waals surface area contributed by atoms with Gasteiger partial charge in [-0.2, -0.15) is 0 Å². The zero-order chi connectivity index (χ0) is 19.3. The van der Waals surface area contributed by atoms with Crippen LogP contribution in [0.25, 0.3) is 0 Å². The molecule has 0 aliphatic rings. The highest BCUT2D eigenvalue weighted by Gasteiger charge is 2.19. The van der Waals surface area contributed by atoms with Crippen LogP contribution in [0.1, 0.15) is 67.8 Å². The summed E-state index contributed by atoms with van der Waals surface area (Å²) in [5, 5.41) is 7.15. The molecule has 142 valence electrons. The predicted octanol–water partition coefficient (Wildman–Crippen LogP) is 5.16. The lowest BCUT2D eigenvalue weighted by Gasteiger charge is -2.23. The van der Waals surface area contributed by atoms with Crippen molar-refractivity contribution >= 4 is 17.7 Å². The minimum Gasteiger partial charge on any atom is -0.361 e. The minimum absolute atomic E-state index is 0.0309. The lowest BCUT2D eigenvalue weighted by Crippen LogP contribution is -2.33. The van der Waals surface area contributed by atoms with E-state index in [1.54, 1.807) is 11.8 Å². The summed E-state index contributed by atoms with van der Waals surface area (Å²) in [6.45, 7) is 12.5. The van der Waals surface area contributed by atoms with Crippen LogP contribution in [0.4, 0.5) is 0 Å². The van der Waals surface area contributed by atoms with Crippen molar-refractivity contribution in [1.29, 1.82) is 0 Å². The molecule has 0 aliphatic heterocycles. The summed E-state index contributed by atoms with van der Waals surface area (Å²) in [6.07, 6.45) is 0. The van der Waals surface area contributed by atoms with Gasteiger partial charge in [0.2, 0.25) is 5.91 Å². The molecule has 1 N–H and O–H groups in total. The molecule has 5 heteroatoms. The molecule has 2 aromatic rings. The predicted molar refractivity (Wildman–Crippen MR) is 108 cm³/mol. The number of carbonyl (C=O) groups excluding carboxylic acids is 1. The number of aryl methyl sites for hydroxylation is 2. The first kappa shape index (κ1) is 20.6. The zero-order valence-corrected chi connectivity index (χ0v) is 17.4. The standard InChI is InChI=1S/C21H30N2O2S/c1-13(2)17-7-9-18(10-8-17)21(14(3)4)22-20(24)12-26-11-19-15(5)23-25-16(19)6/h7-10,13-14,21H,11-12H2,1-6H3,(H,22,24). The van der Waals surface area contributed by atoms with Crippen molar-refractivity contribution in [2.75, 3.05) is 5.75 Å². The Bertz CT molecular complexity index is 701. The van der Waals surface area contributed by atoms with Gasteiger partial charge in [-0.3, -0.25) is 4.79 Å². The summed E-state index contributed by atoms with van der Waals surface area (Å²) in [6, 6.07) is 8.62. The molecule has 0 spiro atoms. The van der Waals surface area contributed by atoms with E-state index in [4.69, 9.17) is 4.52 Å². The highest BCUT2D eigenvalue weighted by atomic mass is 32.2. The Kier molecular flexibility index (Phi) is 7.33. The zero-order valence-electron chi connectivity index (χ0n) is 16.6. The SMILES string of the molecule is Cc1noc(C)c1CSCC(=O)NC(c1ccc(C(C)C)cc1)C(C)C. The third kappa shape index (κ3) is 5.37. The van der Waals surface area contributed by atoms with Crippen LogP contribution in [0, 0.1) is 19.8 Å². The van der Waals surface area contributed by atoms with Crippen LogP contribution in [-0.2, 0) is 10.5 Å². The van der Waals surface area contributed by atoms with Crippen LogP contribution in [0.2, 0.25) is 0 Å². The van der Waals surface area contributed by atoms with E-state index in [9.17, 15) is 4.79 Å². The fraction of sp³-hybridized carbons (Fsp3) is 0.524. The average molecular weight is 375 g/mol. The van der Waals surface area contributed by atoms with E-state index in [-0.39, 0.29) is 11.9 Å². The number of aromatic nitrogens is 1. The maximum Gasteiger partial charge on any atom is 0.230 e. The van der Waals surface area contributed by atoms with Gasteiger partial charge >= 0.3 is 0 Å². The molecule has 1 unspecified atom stereocenters. The van der Waals surface area contributed by atoms with E-state index in [1.807, 2.05) is 13.8 Å². The Morgan fingerprint density at radius 3 is 2.23 bits per heavy atom. The molecule has 0 bridgehead atoms. The van der Waals surface area contributed by atoms with Crippen LogP contribution in [0.15, 0.2) is 28.8 Å². The molecule has 1 aromatic heterocycles. The molecule has 1 atom stereocenters. The molecule has 1 amide bonds. The maximum absolute atomic E-state index is 12.4. The van der Waals surface area contributed by atoms with Crippen molar-refractivity contribution in [3.63, 3.8) is 0 Å². The number of amides is 1. The molecule has 1 heterocycles. The van der Waals surface area contributed by atoms with Crippen LogP contribution in [-0.4, -0.2) is 16.8 Å². The maximum atomic E-state index is 12.4. The third-order valence-corrected chi connectivity index (χ3v) is 5.57. The number of benzene rings is 1. The molecule has 0 aliphatic carbocycles. The molecule has 4 nitrogen and oxygen atoms in total. The fourth-order valence-corrected chi connectivity index (χ4v) is 3.88. The van der Waals surface area contributed by atoms with Gasteiger partial charge in [0.15, 0.2) is 0 Å². The normalized spacial score (nSPS) is 12.6. The van der Waals surface area contributed by atoms with Gasteiger partial charge in [0, 0.05) is 11.3 Å². The monoisotopic (exact) mass is 374 g/mol. The summed E-state index contributed by atoms with van der Waals surface area (Å²) < 4.78 is 5.17. The Balaban J connectivity index is 1.93. The molecule has 0 radical (unpaired) electrons. The number of nitrogens with zero attached hydrogens (tertiary/aromatic N) is 1. The number of hydrogen-bond acceptors (Lipinski definition) is 4. The molecule has 0 fully saturated rings. The molecule has 26 heavy (non-hydrogen) atoms. The Hall–Kier alpha value is -1.75. The average Bonchev–Trinajstić information content (AvgIpc) is 2.91. The quantitative estimate of drug-likeness (QED) is 0.693. The van der Waals surface area contributed by atoms with Crippen molar-refractivity contribution < 1.29 is 9.32 Å². The molecule has 0 saturated heterocycles. The molecule has 2 rings (SSSR count). The first-order chi connectivity index (χ1) is 12.3. The van der Waals surface area contributed by atoms with E-state index >= 15 is 0 Å². The van der Waals surface area contributed by atoms with Crippen molar-refractivity contribution in [2.45, 2.75) is 59.3 Å². The van der Waals surface area contributed by atoms with Gasteiger partial charge in [0.25, 0.3) is 0 Å². The van der Waals surface area contributed by atoms with Gasteiger partial charge in [-0.05, 0) is 36.8 Å². The second-order valence-corrected chi connectivity index (χ2v) is 8.39. The lowest BCUT2D eigenvalue weighted by atomic mass is 9.93. The van der Waals surface area contributed by atoms with Crippen LogP contribution in [0.3, 0.4) is 0 Å². The van der Waals surface area contributed by atoms with Gasteiger partial charge in [-0.15, -0.1) is 11.8 Å². The summed E-state index contributed by atoms with van der Waals surface area (Å²) in [5.41, 5.74) is 4.47. The Morgan fingerprint density at radius 2 is 1.73 bits per heavy atom. The van der Waals surface area contributed by atoms with Crippen molar-refractivity contribution in [2.24, 2.45) is 5.92 Å². The summed E-state index contributed by atoms with van der Waals surface area (Å²) in [5.74, 6) is 2.91. The van der Waals surface area contributed by atoms with Gasteiger partial charge < -0.3 is 9.84 Å². The first-order valence-corrected chi connectivity index (χ1v) is 10.3. The van der Waals surface area contributed by atoms with E-state index < -0.39 is 0 Å². The fourth-order valence-electron chi connectivity index (χ4n) is 2.89. The van der Waals surface area contributed by atoms with Crippen molar-refractivity contribution in [3.8, 4) is 0 Å². The summed E-state index contributed by atoms with van der Waals surface area (Å²) in [7, 11) is 0. The number of hydrogen-bond donors (Lipinski definition) is 1. The lowest BCUT2D eigenvalue weighted by molar-refractivity contribution is -0.119. The largest absolute Gasteiger partial charge is 0.361 e. The first-order valence-electron chi connectivity index (χ1n) is 9.18. The van der Waals surface area contributed by atoms with Gasteiger partial charge in [0.1, 0.15) is 5.76 Å². The van der Waals surface area contributed by atoms with Crippen molar-refractivity contribution in [3.05, 3.63) is 52.4 Å². The second-order valence-electron chi connectivity index (χ2n) is 7.41. The van der Waals surface area contributed by atoms with Crippen LogP contribution in [0.5, 0.6) is 0 Å². The van der Waals surface area contributed by atoms with Gasteiger partial charge in [0.05, 0.1) is 17.5 Å². The molecule has 1 aromatic carbocycles. The minimum atomic E-state index is 0.0309. The molecular weight excluding hydrogens is 344 g/mol. The number of nitrogens with one attached hydrogen (secondary N) is 1. The highest BCUT2D eigenvalue weighted by molar-refractivity contribution is 7.99. The molecule has 0 saturated carbocycles. The Morgan fingerprint density at radius 1 is 1.12 bits per heavy atom. The summed E-state index contributed by atoms with van der Waals surface area (Å²) in [4.78, 5) is 12.4. The third-order valence-electron chi connectivity index (χ3n) is 4.61. The smallest absolute Gasteiger partial charge is 0.230 e. The van der Waals surface area contributed by atoms with Crippen molar-refractivity contribution in [1.82, 2.24) is 10.5 Å². The van der Waals surface area contributed by atoms with Gasteiger partial charge in [-0.25, -0.2) is 0 Å².